The summed E-state index contributed by atoms with van der Waals surface area (Å²) in [5.41, 5.74) is 0.266. The highest BCUT2D eigenvalue weighted by atomic mass is 32.2. The average Bonchev–Trinajstić information content (AvgIpc) is 3.01. The first-order valence-electron chi connectivity index (χ1n) is 7.08. The average molecular weight is 347 g/mol. The van der Waals surface area contributed by atoms with E-state index >= 15 is 0 Å². The molecule has 0 fully saturated rings. The van der Waals surface area contributed by atoms with Gasteiger partial charge in [-0.15, -0.1) is 10.2 Å². The summed E-state index contributed by atoms with van der Waals surface area (Å²) < 4.78 is 29.2. The van der Waals surface area contributed by atoms with Crippen molar-refractivity contribution in [2.45, 2.75) is 18.2 Å². The molecule has 0 saturated carbocycles. The van der Waals surface area contributed by atoms with Crippen LogP contribution in [0.2, 0.25) is 0 Å². The highest BCUT2D eigenvalue weighted by molar-refractivity contribution is 7.90. The van der Waals surface area contributed by atoms with Gasteiger partial charge in [0.1, 0.15) is 5.75 Å². The first kappa shape index (κ1) is 16.1. The molecule has 0 aromatic heterocycles. The summed E-state index contributed by atoms with van der Waals surface area (Å²) in [5, 5.41) is 10.6. The fraction of sp³-hybridized carbons (Fsp3) is 0.286. The number of sulfone groups is 1. The van der Waals surface area contributed by atoms with Crippen LogP contribution >= 0.6 is 0 Å². The van der Waals surface area contributed by atoms with Gasteiger partial charge >= 0.3 is 5.91 Å². The molecule has 1 aromatic carbocycles. The van der Waals surface area contributed by atoms with E-state index in [0.717, 1.165) is 12.7 Å². The van der Waals surface area contributed by atoms with Crippen molar-refractivity contribution in [1.29, 1.82) is 0 Å². The van der Waals surface area contributed by atoms with Crippen LogP contribution < -0.4 is 4.74 Å². The minimum absolute atomic E-state index is 0.0198. The molecule has 0 bridgehead atoms. The summed E-state index contributed by atoms with van der Waals surface area (Å²) in [6.07, 6.45) is 1.85. The van der Waals surface area contributed by atoms with Crippen LogP contribution in [-0.4, -0.2) is 44.6 Å². The van der Waals surface area contributed by atoms with E-state index in [2.05, 4.69) is 25.4 Å². The molecule has 0 unspecified atom stereocenters. The van der Waals surface area contributed by atoms with Crippen molar-refractivity contribution in [1.82, 2.24) is 0 Å². The number of nitrogens with zero attached hydrogens (tertiary/aromatic N) is 5. The number of aliphatic imine (C=N–C) groups is 2. The summed E-state index contributed by atoms with van der Waals surface area (Å²) in [7, 11) is -3.44. The maximum atomic E-state index is 12.0. The van der Waals surface area contributed by atoms with Crippen molar-refractivity contribution in [2.24, 2.45) is 25.4 Å². The Morgan fingerprint density at radius 1 is 1.17 bits per heavy atom. The van der Waals surface area contributed by atoms with Gasteiger partial charge < -0.3 is 4.74 Å². The van der Waals surface area contributed by atoms with E-state index in [1.54, 1.807) is 0 Å². The van der Waals surface area contributed by atoms with Crippen LogP contribution in [0.4, 0.5) is 0 Å². The largest absolute Gasteiger partial charge is 0.493 e. The standard InChI is InChI=1S/C14H13N5O4S/c1-3-6-23-10-5-4-8(24(2,21)22)7-9(10)12-15-13-11(14(20)16-12)17-19-18-13/h4-5,7H,3,6H2,1-2H3. The van der Waals surface area contributed by atoms with Gasteiger partial charge in [-0.05, 0) is 29.8 Å². The van der Waals surface area contributed by atoms with E-state index in [1.807, 2.05) is 6.92 Å². The van der Waals surface area contributed by atoms with Gasteiger partial charge in [0.2, 0.25) is 11.5 Å². The van der Waals surface area contributed by atoms with Crippen LogP contribution in [0.15, 0.2) is 48.5 Å². The zero-order valence-corrected chi connectivity index (χ0v) is 13.7. The van der Waals surface area contributed by atoms with Crippen LogP contribution in [-0.2, 0) is 14.6 Å². The Balaban J connectivity index is 2.12. The molecule has 3 rings (SSSR count). The predicted molar refractivity (Wildman–Crippen MR) is 86.6 cm³/mol. The minimum atomic E-state index is -3.44. The second kappa shape index (κ2) is 6.04. The molecule has 0 N–H and O–H groups in total. The van der Waals surface area contributed by atoms with E-state index in [1.165, 1.54) is 18.2 Å². The van der Waals surface area contributed by atoms with E-state index < -0.39 is 15.7 Å². The maximum Gasteiger partial charge on any atom is 0.303 e. The fourth-order valence-electron chi connectivity index (χ4n) is 2.06. The monoisotopic (exact) mass is 347 g/mol. The number of carbonyl (C=O) groups excluding carboxylic acids is 1. The van der Waals surface area contributed by atoms with E-state index in [0.29, 0.717) is 17.9 Å². The topological polar surface area (TPSA) is 122 Å². The highest BCUT2D eigenvalue weighted by Gasteiger charge is 2.29. The van der Waals surface area contributed by atoms with Crippen LogP contribution in [0.25, 0.3) is 0 Å². The zero-order valence-electron chi connectivity index (χ0n) is 12.9. The Bertz CT molecular complexity index is 944. The van der Waals surface area contributed by atoms with E-state index in [9.17, 15) is 13.2 Å². The molecule has 10 heteroatoms. The number of benzene rings is 1. The quantitative estimate of drug-likeness (QED) is 0.798. The van der Waals surface area contributed by atoms with Gasteiger partial charge in [-0.1, -0.05) is 6.92 Å². The van der Waals surface area contributed by atoms with Gasteiger partial charge in [0.05, 0.1) is 17.1 Å². The molecule has 0 atom stereocenters. The lowest BCUT2D eigenvalue weighted by Crippen LogP contribution is -2.26. The van der Waals surface area contributed by atoms with E-state index in [-0.39, 0.29) is 22.3 Å². The van der Waals surface area contributed by atoms with Crippen molar-refractivity contribution in [3.63, 3.8) is 0 Å². The number of amides is 1. The van der Waals surface area contributed by atoms with Crippen LogP contribution in [0.3, 0.4) is 0 Å². The van der Waals surface area contributed by atoms with E-state index in [4.69, 9.17) is 4.74 Å². The van der Waals surface area contributed by atoms with Crippen molar-refractivity contribution < 1.29 is 17.9 Å². The van der Waals surface area contributed by atoms with Gasteiger partial charge in [-0.3, -0.25) is 4.79 Å². The lowest BCUT2D eigenvalue weighted by Gasteiger charge is -2.13. The summed E-state index contributed by atoms with van der Waals surface area (Å²) >= 11 is 0. The van der Waals surface area contributed by atoms with Gasteiger partial charge in [0.25, 0.3) is 0 Å². The summed E-state index contributed by atoms with van der Waals surface area (Å²) in [4.78, 5) is 20.0. The molecule has 2 aliphatic heterocycles. The SMILES string of the molecule is CCCOc1ccc(S(C)(=O)=O)cc1C1=NC(=O)C2=NN=NC2=N1. The van der Waals surface area contributed by atoms with Gasteiger partial charge in [0.15, 0.2) is 15.7 Å². The molecule has 124 valence electrons. The maximum absolute atomic E-state index is 12.0. The molecular formula is C14H13N5O4S. The molecule has 0 spiro atoms. The first-order chi connectivity index (χ1) is 11.4. The smallest absolute Gasteiger partial charge is 0.303 e. The van der Waals surface area contributed by atoms with Crippen molar-refractivity contribution in [3.8, 4) is 5.75 Å². The van der Waals surface area contributed by atoms with Crippen molar-refractivity contribution in [3.05, 3.63) is 23.8 Å². The zero-order chi connectivity index (χ0) is 17.3. The molecule has 2 heterocycles. The Morgan fingerprint density at radius 3 is 2.67 bits per heavy atom. The Labute approximate surface area is 137 Å². The number of fused-ring (bicyclic) bond motifs is 1. The molecule has 1 aromatic rings. The molecule has 24 heavy (non-hydrogen) atoms. The summed E-state index contributed by atoms with van der Waals surface area (Å²) in [6, 6.07) is 4.34. The third-order valence-electron chi connectivity index (χ3n) is 3.20. The molecular weight excluding hydrogens is 334 g/mol. The third-order valence-corrected chi connectivity index (χ3v) is 4.31. The molecule has 0 radical (unpaired) electrons. The summed E-state index contributed by atoms with van der Waals surface area (Å²) in [5.74, 6) is -0.177. The minimum Gasteiger partial charge on any atom is -0.493 e. The van der Waals surface area contributed by atoms with Crippen molar-refractivity contribution >= 4 is 33.1 Å². The Hall–Kier alpha value is -2.75. The fourth-order valence-corrected chi connectivity index (χ4v) is 2.71. The number of hydrogen-bond acceptors (Lipinski definition) is 8. The highest BCUT2D eigenvalue weighted by Crippen LogP contribution is 2.26. The predicted octanol–water partition coefficient (Wildman–Crippen LogP) is 1.39. The number of carbonyl (C=O) groups is 1. The number of rotatable bonds is 5. The molecule has 9 nitrogen and oxygen atoms in total. The molecule has 0 saturated heterocycles. The summed E-state index contributed by atoms with van der Waals surface area (Å²) in [6.45, 7) is 2.36. The number of amidine groups is 2. The Morgan fingerprint density at radius 2 is 1.96 bits per heavy atom. The van der Waals surface area contributed by atoms with Gasteiger partial charge in [-0.2, -0.15) is 4.99 Å². The molecule has 2 aliphatic rings. The second-order valence-corrected chi connectivity index (χ2v) is 7.11. The number of hydrogen-bond donors (Lipinski definition) is 0. The molecule has 1 amide bonds. The van der Waals surface area contributed by atoms with Crippen molar-refractivity contribution in [2.75, 3.05) is 12.9 Å². The molecule has 0 aliphatic carbocycles. The van der Waals surface area contributed by atoms with Gasteiger partial charge in [-0.25, -0.2) is 13.4 Å². The lowest BCUT2D eigenvalue weighted by molar-refractivity contribution is -0.111. The Kier molecular flexibility index (Phi) is 4.06. The third kappa shape index (κ3) is 3.00. The van der Waals surface area contributed by atoms with Gasteiger partial charge in [0, 0.05) is 6.26 Å². The first-order valence-corrected chi connectivity index (χ1v) is 8.97. The number of ether oxygens (including phenoxy) is 1. The lowest BCUT2D eigenvalue weighted by atomic mass is 10.1. The second-order valence-electron chi connectivity index (χ2n) is 5.09. The van der Waals surface area contributed by atoms with Crippen LogP contribution in [0.1, 0.15) is 18.9 Å². The normalized spacial score (nSPS) is 16.4. The van der Waals surface area contributed by atoms with Crippen LogP contribution in [0, 0.1) is 0 Å². The van der Waals surface area contributed by atoms with Crippen LogP contribution in [0.5, 0.6) is 5.75 Å².